The highest BCUT2D eigenvalue weighted by molar-refractivity contribution is 5.97. The summed E-state index contributed by atoms with van der Waals surface area (Å²) in [6.07, 6.45) is 8.82. The van der Waals surface area contributed by atoms with Crippen LogP contribution in [0.25, 0.3) is 16.9 Å². The lowest BCUT2D eigenvalue weighted by molar-refractivity contribution is 0.0383. The van der Waals surface area contributed by atoms with Crippen LogP contribution in [0.5, 0.6) is 5.75 Å². The SMILES string of the molecule is COc1cc(-n2cc(C)cc2-c2ccc(C3CCCCC3)cc2)ccc1C(=O)NCCN1CCOCC1. The van der Waals surface area contributed by atoms with Crippen molar-refractivity contribution in [2.45, 2.75) is 44.9 Å². The van der Waals surface area contributed by atoms with Gasteiger partial charge in [0, 0.05) is 44.1 Å². The molecule has 6 nitrogen and oxygen atoms in total. The van der Waals surface area contributed by atoms with Crippen LogP contribution in [0.2, 0.25) is 0 Å². The molecule has 0 unspecified atom stereocenters. The van der Waals surface area contributed by atoms with Gasteiger partial charge in [0.2, 0.25) is 0 Å². The Balaban J connectivity index is 1.32. The summed E-state index contributed by atoms with van der Waals surface area (Å²) < 4.78 is 13.2. The number of benzene rings is 2. The lowest BCUT2D eigenvalue weighted by Gasteiger charge is -2.26. The maximum Gasteiger partial charge on any atom is 0.255 e. The van der Waals surface area contributed by atoms with Crippen LogP contribution in [-0.2, 0) is 4.74 Å². The van der Waals surface area contributed by atoms with Crippen molar-refractivity contribution in [1.29, 1.82) is 0 Å². The smallest absolute Gasteiger partial charge is 0.255 e. The van der Waals surface area contributed by atoms with Crippen LogP contribution in [0.15, 0.2) is 54.7 Å². The van der Waals surface area contributed by atoms with Crippen LogP contribution in [-0.4, -0.2) is 61.9 Å². The first kappa shape index (κ1) is 25.6. The normalized spacial score (nSPS) is 17.0. The molecular formula is C31H39N3O3. The predicted octanol–water partition coefficient (Wildman–Crippen LogP) is 5.57. The Kier molecular flexibility index (Phi) is 8.27. The predicted molar refractivity (Wildman–Crippen MR) is 148 cm³/mol. The van der Waals surface area contributed by atoms with E-state index >= 15 is 0 Å². The zero-order valence-corrected chi connectivity index (χ0v) is 22.2. The molecule has 1 amide bonds. The molecule has 2 aromatic carbocycles. The van der Waals surface area contributed by atoms with E-state index in [0.717, 1.165) is 44.2 Å². The van der Waals surface area contributed by atoms with Crippen LogP contribution >= 0.6 is 0 Å². The number of carbonyl (C=O) groups is 1. The van der Waals surface area contributed by atoms with E-state index in [0.29, 0.717) is 23.8 Å². The highest BCUT2D eigenvalue weighted by atomic mass is 16.5. The topological polar surface area (TPSA) is 55.7 Å². The number of nitrogens with zero attached hydrogens (tertiary/aromatic N) is 2. The van der Waals surface area contributed by atoms with Gasteiger partial charge in [-0.1, -0.05) is 43.5 Å². The van der Waals surface area contributed by atoms with Crippen LogP contribution in [0.3, 0.4) is 0 Å². The fourth-order valence-electron chi connectivity index (χ4n) is 5.66. The van der Waals surface area contributed by atoms with Gasteiger partial charge in [0.15, 0.2) is 0 Å². The molecule has 5 rings (SSSR count). The van der Waals surface area contributed by atoms with Gasteiger partial charge in [-0.15, -0.1) is 0 Å². The standard InChI is InChI=1S/C31H39N3O3/c1-23-20-29(26-10-8-25(9-11-26)24-6-4-3-5-7-24)34(22-23)27-12-13-28(30(21-27)36-2)31(35)32-14-15-33-16-18-37-19-17-33/h8-13,20-22,24H,3-7,14-19H2,1-2H3,(H,32,35). The Hall–Kier alpha value is -3.09. The van der Waals surface area contributed by atoms with Crippen molar-refractivity contribution in [3.8, 4) is 22.7 Å². The van der Waals surface area contributed by atoms with Gasteiger partial charge in [0.25, 0.3) is 5.91 Å². The molecular weight excluding hydrogens is 462 g/mol. The van der Waals surface area contributed by atoms with Crippen molar-refractivity contribution in [2.75, 3.05) is 46.5 Å². The number of amides is 1. The molecule has 1 saturated heterocycles. The highest BCUT2D eigenvalue weighted by Gasteiger charge is 2.18. The van der Waals surface area contributed by atoms with E-state index in [1.54, 1.807) is 7.11 Å². The quantitative estimate of drug-likeness (QED) is 0.438. The Labute approximate surface area is 220 Å². The molecule has 37 heavy (non-hydrogen) atoms. The van der Waals surface area contributed by atoms with Crippen LogP contribution < -0.4 is 10.1 Å². The number of nitrogens with one attached hydrogen (secondary N) is 1. The molecule has 2 heterocycles. The first-order chi connectivity index (χ1) is 18.1. The summed E-state index contributed by atoms with van der Waals surface area (Å²) in [5.74, 6) is 1.17. The lowest BCUT2D eigenvalue weighted by Crippen LogP contribution is -2.41. The first-order valence-corrected chi connectivity index (χ1v) is 13.7. The van der Waals surface area contributed by atoms with Crippen LogP contribution in [0.4, 0.5) is 0 Å². The Bertz CT molecular complexity index is 1190. The molecule has 196 valence electrons. The summed E-state index contributed by atoms with van der Waals surface area (Å²) >= 11 is 0. The fraction of sp³-hybridized carbons (Fsp3) is 0.452. The minimum Gasteiger partial charge on any atom is -0.496 e. The van der Waals surface area contributed by atoms with Crippen molar-refractivity contribution in [2.24, 2.45) is 0 Å². The summed E-state index contributed by atoms with van der Waals surface area (Å²) in [6.45, 7) is 6.88. The van der Waals surface area contributed by atoms with Gasteiger partial charge in [-0.3, -0.25) is 9.69 Å². The maximum absolute atomic E-state index is 12.9. The van der Waals surface area contributed by atoms with Crippen molar-refractivity contribution in [1.82, 2.24) is 14.8 Å². The molecule has 2 aliphatic rings. The molecule has 1 aliphatic carbocycles. The summed E-state index contributed by atoms with van der Waals surface area (Å²) in [6, 6.07) is 17.2. The van der Waals surface area contributed by atoms with Crippen molar-refractivity contribution >= 4 is 5.91 Å². The average Bonchev–Trinajstić information content (AvgIpc) is 3.35. The largest absolute Gasteiger partial charge is 0.496 e. The maximum atomic E-state index is 12.9. The van der Waals surface area contributed by atoms with Gasteiger partial charge in [0.1, 0.15) is 5.75 Å². The average molecular weight is 502 g/mol. The molecule has 0 radical (unpaired) electrons. The molecule has 1 saturated carbocycles. The number of carbonyl (C=O) groups excluding carboxylic acids is 1. The summed E-state index contributed by atoms with van der Waals surface area (Å²) in [7, 11) is 1.62. The Morgan fingerprint density at radius 1 is 1.03 bits per heavy atom. The summed E-state index contributed by atoms with van der Waals surface area (Å²) in [4.78, 5) is 15.2. The minimum atomic E-state index is -0.112. The summed E-state index contributed by atoms with van der Waals surface area (Å²) in [5.41, 5.74) is 6.50. The van der Waals surface area contributed by atoms with Crippen LogP contribution in [0.1, 0.15) is 59.5 Å². The number of aromatic nitrogens is 1. The van der Waals surface area contributed by atoms with Gasteiger partial charge in [-0.25, -0.2) is 0 Å². The number of methoxy groups -OCH3 is 1. The number of morpholine rings is 1. The lowest BCUT2D eigenvalue weighted by atomic mass is 9.84. The van der Waals surface area contributed by atoms with E-state index in [9.17, 15) is 4.79 Å². The second-order valence-electron chi connectivity index (χ2n) is 10.3. The third-order valence-electron chi connectivity index (χ3n) is 7.76. The van der Waals surface area contributed by atoms with E-state index < -0.39 is 0 Å². The first-order valence-electron chi connectivity index (χ1n) is 13.7. The van der Waals surface area contributed by atoms with Crippen molar-refractivity contribution < 1.29 is 14.3 Å². The number of ether oxygens (including phenoxy) is 2. The van der Waals surface area contributed by atoms with E-state index in [1.807, 2.05) is 18.2 Å². The number of aryl methyl sites for hydroxylation is 1. The highest BCUT2D eigenvalue weighted by Crippen LogP contribution is 2.34. The monoisotopic (exact) mass is 501 g/mol. The molecule has 0 atom stereocenters. The van der Waals surface area contributed by atoms with E-state index in [2.05, 4.69) is 58.2 Å². The third-order valence-corrected chi connectivity index (χ3v) is 7.76. The van der Waals surface area contributed by atoms with E-state index in [-0.39, 0.29) is 5.91 Å². The molecule has 2 fully saturated rings. The van der Waals surface area contributed by atoms with Gasteiger partial charge in [-0.05, 0) is 60.6 Å². The van der Waals surface area contributed by atoms with Crippen molar-refractivity contribution in [3.63, 3.8) is 0 Å². The number of hydrogen-bond donors (Lipinski definition) is 1. The zero-order valence-electron chi connectivity index (χ0n) is 22.2. The van der Waals surface area contributed by atoms with E-state index in [1.165, 1.54) is 48.8 Å². The minimum absolute atomic E-state index is 0.112. The van der Waals surface area contributed by atoms with Crippen molar-refractivity contribution in [3.05, 3.63) is 71.4 Å². The molecule has 6 heteroatoms. The molecule has 3 aromatic rings. The second-order valence-corrected chi connectivity index (χ2v) is 10.3. The van der Waals surface area contributed by atoms with Gasteiger partial charge in [-0.2, -0.15) is 0 Å². The summed E-state index contributed by atoms with van der Waals surface area (Å²) in [5, 5.41) is 3.05. The molecule has 1 N–H and O–H groups in total. The van der Waals surface area contributed by atoms with Gasteiger partial charge < -0.3 is 19.4 Å². The molecule has 1 aromatic heterocycles. The number of hydrogen-bond acceptors (Lipinski definition) is 4. The third kappa shape index (κ3) is 6.08. The molecule has 1 aliphatic heterocycles. The van der Waals surface area contributed by atoms with Crippen LogP contribution in [0, 0.1) is 6.92 Å². The van der Waals surface area contributed by atoms with Gasteiger partial charge >= 0.3 is 0 Å². The number of rotatable bonds is 8. The fourth-order valence-corrected chi connectivity index (χ4v) is 5.66. The van der Waals surface area contributed by atoms with E-state index in [4.69, 9.17) is 9.47 Å². The molecule has 0 bridgehead atoms. The second kappa shape index (κ2) is 12.0. The van der Waals surface area contributed by atoms with Gasteiger partial charge in [0.05, 0.1) is 31.6 Å². The molecule has 0 spiro atoms. The zero-order chi connectivity index (χ0) is 25.6. The Morgan fingerprint density at radius 2 is 1.78 bits per heavy atom. The Morgan fingerprint density at radius 3 is 2.51 bits per heavy atom.